The number of amides is 1. The van der Waals surface area contributed by atoms with Crippen LogP contribution in [0.25, 0.3) is 0 Å². The van der Waals surface area contributed by atoms with Gasteiger partial charge in [0.05, 0.1) is 12.7 Å². The van der Waals surface area contributed by atoms with Crippen molar-refractivity contribution >= 4 is 11.7 Å². The first-order chi connectivity index (χ1) is 6.29. The van der Waals surface area contributed by atoms with E-state index in [2.05, 4.69) is 15.3 Å². The highest BCUT2D eigenvalue weighted by molar-refractivity contribution is 6.06. The molecule has 0 saturated carbocycles. The first-order valence-electron chi connectivity index (χ1n) is 3.70. The summed E-state index contributed by atoms with van der Waals surface area (Å²) in [6, 6.07) is 0. The average molecular weight is 179 g/mol. The first kappa shape index (κ1) is 9.18. The molecule has 0 fully saturated rings. The number of aromatic amines is 1. The number of carbonyl (C=O) groups excluding carboxylic acids is 2. The number of ketones is 1. The van der Waals surface area contributed by atoms with Gasteiger partial charge in [0.1, 0.15) is 0 Å². The van der Waals surface area contributed by atoms with Crippen LogP contribution in [-0.4, -0.2) is 21.7 Å². The molecule has 1 aliphatic rings. The predicted molar refractivity (Wildman–Crippen MR) is 45.5 cm³/mol. The van der Waals surface area contributed by atoms with Gasteiger partial charge >= 0.3 is 0 Å². The Labute approximate surface area is 74.9 Å². The molecule has 0 radical (unpaired) electrons. The Hall–Kier alpha value is -1.91. The zero-order valence-electron chi connectivity index (χ0n) is 6.86. The van der Waals surface area contributed by atoms with Crippen LogP contribution in [0.4, 0.5) is 0 Å². The van der Waals surface area contributed by atoms with E-state index in [1.54, 1.807) is 18.7 Å². The van der Waals surface area contributed by atoms with Crippen molar-refractivity contribution in [1.82, 2.24) is 15.3 Å². The van der Waals surface area contributed by atoms with Crippen LogP contribution in [0.2, 0.25) is 0 Å². The molecule has 0 aliphatic carbocycles. The van der Waals surface area contributed by atoms with Crippen molar-refractivity contribution in [2.75, 3.05) is 0 Å². The van der Waals surface area contributed by atoms with E-state index in [9.17, 15) is 9.59 Å². The topological polar surface area (TPSA) is 74.8 Å². The zero-order valence-corrected chi connectivity index (χ0v) is 6.86. The lowest BCUT2D eigenvalue weighted by Crippen LogP contribution is -2.24. The van der Waals surface area contributed by atoms with Gasteiger partial charge in [-0.25, -0.2) is 4.98 Å². The third-order valence-corrected chi connectivity index (χ3v) is 1.25. The normalized spacial score (nSPS) is 14.5. The Morgan fingerprint density at radius 2 is 2.23 bits per heavy atom. The van der Waals surface area contributed by atoms with E-state index < -0.39 is 0 Å². The SMILES string of the molecule is O=C1C=CNC(=O)C1.c1c[nH]cn1. The number of imidazole rings is 1. The van der Waals surface area contributed by atoms with Gasteiger partial charge in [0.15, 0.2) is 5.78 Å². The number of allylic oxidation sites excluding steroid dienone is 1. The summed E-state index contributed by atoms with van der Waals surface area (Å²) in [7, 11) is 0. The summed E-state index contributed by atoms with van der Waals surface area (Å²) >= 11 is 0. The van der Waals surface area contributed by atoms with Crippen molar-refractivity contribution in [1.29, 1.82) is 0 Å². The summed E-state index contributed by atoms with van der Waals surface area (Å²) < 4.78 is 0. The fraction of sp³-hybridized carbons (Fsp3) is 0.125. The Kier molecular flexibility index (Phi) is 3.44. The number of hydrogen-bond acceptors (Lipinski definition) is 3. The van der Waals surface area contributed by atoms with Gasteiger partial charge in [0.2, 0.25) is 5.91 Å². The maximum absolute atomic E-state index is 10.3. The molecule has 0 bridgehead atoms. The molecule has 2 N–H and O–H groups in total. The molecule has 0 spiro atoms. The van der Waals surface area contributed by atoms with Crippen LogP contribution < -0.4 is 5.32 Å². The Balaban J connectivity index is 0.000000145. The van der Waals surface area contributed by atoms with Crippen LogP contribution in [0.15, 0.2) is 31.0 Å². The first-order valence-corrected chi connectivity index (χ1v) is 3.70. The van der Waals surface area contributed by atoms with Gasteiger partial charge in [-0.3, -0.25) is 9.59 Å². The summed E-state index contributed by atoms with van der Waals surface area (Å²) in [6.07, 6.45) is 7.78. The quantitative estimate of drug-likeness (QED) is 0.550. The van der Waals surface area contributed by atoms with Gasteiger partial charge < -0.3 is 10.3 Å². The number of aromatic nitrogens is 2. The molecule has 1 aromatic heterocycles. The molecule has 1 amide bonds. The molecule has 0 saturated heterocycles. The minimum Gasteiger partial charge on any atom is -0.351 e. The summed E-state index contributed by atoms with van der Waals surface area (Å²) in [5, 5.41) is 2.37. The molecule has 0 aromatic carbocycles. The lowest BCUT2D eigenvalue weighted by atomic mass is 10.2. The van der Waals surface area contributed by atoms with Crippen molar-refractivity contribution < 1.29 is 9.59 Å². The summed E-state index contributed by atoms with van der Waals surface area (Å²) in [5.74, 6) is -0.355. The summed E-state index contributed by atoms with van der Waals surface area (Å²) in [5.41, 5.74) is 0. The smallest absolute Gasteiger partial charge is 0.231 e. The highest BCUT2D eigenvalue weighted by Crippen LogP contribution is 1.90. The fourth-order valence-corrected chi connectivity index (χ4v) is 0.711. The van der Waals surface area contributed by atoms with Crippen molar-refractivity contribution in [2.24, 2.45) is 0 Å². The average Bonchev–Trinajstić information content (AvgIpc) is 2.59. The van der Waals surface area contributed by atoms with Crippen LogP contribution in [0.3, 0.4) is 0 Å². The van der Waals surface area contributed by atoms with E-state index in [-0.39, 0.29) is 18.1 Å². The van der Waals surface area contributed by atoms with E-state index in [0.717, 1.165) is 0 Å². The molecular weight excluding hydrogens is 170 g/mol. The van der Waals surface area contributed by atoms with Gasteiger partial charge in [-0.05, 0) is 6.08 Å². The van der Waals surface area contributed by atoms with Crippen molar-refractivity contribution in [3.8, 4) is 0 Å². The molecule has 1 aliphatic heterocycles. The van der Waals surface area contributed by atoms with Gasteiger partial charge in [-0.2, -0.15) is 0 Å². The number of H-pyrrole nitrogens is 1. The number of hydrogen-bond donors (Lipinski definition) is 2. The lowest BCUT2D eigenvalue weighted by Gasteiger charge is -2.00. The van der Waals surface area contributed by atoms with Crippen molar-refractivity contribution in [3.63, 3.8) is 0 Å². The van der Waals surface area contributed by atoms with Gasteiger partial charge in [-0.15, -0.1) is 0 Å². The van der Waals surface area contributed by atoms with Crippen LogP contribution in [0.5, 0.6) is 0 Å². The van der Waals surface area contributed by atoms with Gasteiger partial charge in [0.25, 0.3) is 0 Å². The van der Waals surface area contributed by atoms with E-state index in [1.807, 2.05) is 0 Å². The summed E-state index contributed by atoms with van der Waals surface area (Å²) in [4.78, 5) is 27.0. The zero-order chi connectivity index (χ0) is 9.52. The molecule has 68 valence electrons. The summed E-state index contributed by atoms with van der Waals surface area (Å²) in [6.45, 7) is 0. The Bertz CT molecular complexity index is 286. The van der Waals surface area contributed by atoms with Crippen molar-refractivity contribution in [2.45, 2.75) is 6.42 Å². The van der Waals surface area contributed by atoms with Crippen molar-refractivity contribution in [3.05, 3.63) is 31.0 Å². The molecule has 13 heavy (non-hydrogen) atoms. The fourth-order valence-electron chi connectivity index (χ4n) is 0.711. The predicted octanol–water partition coefficient (Wildman–Crippen LogP) is -0.00120. The minimum absolute atomic E-state index is 0.00347. The van der Waals surface area contributed by atoms with E-state index in [0.29, 0.717) is 0 Å². The second-order valence-electron chi connectivity index (χ2n) is 2.30. The lowest BCUT2D eigenvalue weighted by molar-refractivity contribution is -0.126. The van der Waals surface area contributed by atoms with Crippen LogP contribution in [-0.2, 0) is 9.59 Å². The minimum atomic E-state index is -0.225. The number of rotatable bonds is 0. The Morgan fingerprint density at radius 3 is 2.54 bits per heavy atom. The number of nitrogens with one attached hydrogen (secondary N) is 2. The molecule has 1 aromatic rings. The third kappa shape index (κ3) is 3.85. The van der Waals surface area contributed by atoms with E-state index >= 15 is 0 Å². The van der Waals surface area contributed by atoms with Gasteiger partial charge in [0, 0.05) is 18.6 Å². The number of carbonyl (C=O) groups is 2. The molecule has 5 nitrogen and oxygen atoms in total. The number of nitrogens with zero attached hydrogens (tertiary/aromatic N) is 1. The Morgan fingerprint density at radius 1 is 1.38 bits per heavy atom. The largest absolute Gasteiger partial charge is 0.351 e. The van der Waals surface area contributed by atoms with Gasteiger partial charge in [-0.1, -0.05) is 0 Å². The maximum atomic E-state index is 10.3. The molecule has 5 heteroatoms. The molecular formula is C8H9N3O2. The second-order valence-corrected chi connectivity index (χ2v) is 2.30. The van der Waals surface area contributed by atoms with Crippen LogP contribution >= 0.6 is 0 Å². The second kappa shape index (κ2) is 4.87. The van der Waals surface area contributed by atoms with E-state index in [1.165, 1.54) is 12.3 Å². The van der Waals surface area contributed by atoms with Crippen LogP contribution in [0, 0.1) is 0 Å². The highest BCUT2D eigenvalue weighted by Gasteiger charge is 2.08. The molecule has 2 rings (SSSR count). The monoisotopic (exact) mass is 179 g/mol. The van der Waals surface area contributed by atoms with E-state index in [4.69, 9.17) is 0 Å². The van der Waals surface area contributed by atoms with Crippen LogP contribution in [0.1, 0.15) is 6.42 Å². The standard InChI is InChI=1S/C5H5NO2.C3H4N2/c7-4-1-2-6-5(8)3-4;1-2-5-3-4-1/h1-2H,3H2,(H,6,8);1-3H,(H,4,5). The molecule has 0 unspecified atom stereocenters. The highest BCUT2D eigenvalue weighted by atomic mass is 16.2. The maximum Gasteiger partial charge on any atom is 0.231 e. The molecule has 0 atom stereocenters. The molecule has 2 heterocycles. The third-order valence-electron chi connectivity index (χ3n) is 1.25.